The van der Waals surface area contributed by atoms with Crippen LogP contribution in [0.4, 0.5) is 13.2 Å². The third-order valence-electron chi connectivity index (χ3n) is 3.59. The second-order valence-electron chi connectivity index (χ2n) is 5.49. The summed E-state index contributed by atoms with van der Waals surface area (Å²) in [6.07, 6.45) is -4.46. The molecule has 2 nitrogen and oxygen atoms in total. The van der Waals surface area contributed by atoms with Gasteiger partial charge in [-0.15, -0.1) is 0 Å². The van der Waals surface area contributed by atoms with Crippen LogP contribution in [0.15, 0.2) is 54.6 Å². The van der Waals surface area contributed by atoms with Gasteiger partial charge in [-0.2, -0.15) is 13.2 Å². The Labute approximate surface area is 133 Å². The largest absolute Gasteiger partial charge is 0.416 e. The zero-order chi connectivity index (χ0) is 16.9. The number of hydrogen-bond acceptors (Lipinski definition) is 1. The van der Waals surface area contributed by atoms with Gasteiger partial charge in [-0.1, -0.05) is 55.5 Å². The Kier molecular flexibility index (Phi) is 5.42. The van der Waals surface area contributed by atoms with Gasteiger partial charge in [0.05, 0.1) is 12.0 Å². The van der Waals surface area contributed by atoms with Gasteiger partial charge in [0.25, 0.3) is 0 Å². The van der Waals surface area contributed by atoms with Crippen molar-refractivity contribution in [3.05, 3.63) is 71.3 Å². The first-order valence-corrected chi connectivity index (χ1v) is 7.34. The van der Waals surface area contributed by atoms with Gasteiger partial charge in [0, 0.05) is 6.54 Å². The van der Waals surface area contributed by atoms with E-state index in [0.717, 1.165) is 17.7 Å². The Morgan fingerprint density at radius 3 is 2.43 bits per heavy atom. The standard InChI is InChI=1S/C18H18F3NO/c1-13(15-7-3-2-4-8-15)12-22-17(23)11-14-6-5-9-16(10-14)18(19,20)21/h2-10,13H,11-12H2,1H3,(H,22,23)/t13-/m0/s1. The number of halogens is 3. The Balaban J connectivity index is 1.90. The van der Waals surface area contributed by atoms with E-state index >= 15 is 0 Å². The van der Waals surface area contributed by atoms with Gasteiger partial charge in [0.15, 0.2) is 0 Å². The Hall–Kier alpha value is -2.30. The zero-order valence-corrected chi connectivity index (χ0v) is 12.7. The molecule has 1 N–H and O–H groups in total. The Morgan fingerprint density at radius 1 is 1.09 bits per heavy atom. The lowest BCUT2D eigenvalue weighted by Crippen LogP contribution is -2.29. The van der Waals surface area contributed by atoms with E-state index in [4.69, 9.17) is 0 Å². The molecule has 23 heavy (non-hydrogen) atoms. The van der Waals surface area contributed by atoms with Crippen molar-refractivity contribution in [3.8, 4) is 0 Å². The lowest BCUT2D eigenvalue weighted by atomic mass is 10.0. The summed E-state index contributed by atoms with van der Waals surface area (Å²) in [7, 11) is 0. The first-order chi connectivity index (χ1) is 10.9. The number of nitrogens with one attached hydrogen (secondary N) is 1. The predicted octanol–water partition coefficient (Wildman–Crippen LogP) is 4.17. The molecule has 5 heteroatoms. The van der Waals surface area contributed by atoms with E-state index in [1.165, 1.54) is 12.1 Å². The van der Waals surface area contributed by atoms with Gasteiger partial charge in [0.2, 0.25) is 5.91 Å². The first-order valence-electron chi connectivity index (χ1n) is 7.34. The van der Waals surface area contributed by atoms with Crippen LogP contribution in [0.3, 0.4) is 0 Å². The monoisotopic (exact) mass is 321 g/mol. The third-order valence-corrected chi connectivity index (χ3v) is 3.59. The van der Waals surface area contributed by atoms with Gasteiger partial charge in [-0.3, -0.25) is 4.79 Å². The van der Waals surface area contributed by atoms with Gasteiger partial charge in [0.1, 0.15) is 0 Å². The molecule has 2 aromatic rings. The molecule has 0 aliphatic carbocycles. The zero-order valence-electron chi connectivity index (χ0n) is 12.7. The average molecular weight is 321 g/mol. The van der Waals surface area contributed by atoms with Crippen molar-refractivity contribution in [2.24, 2.45) is 0 Å². The van der Waals surface area contributed by atoms with Gasteiger partial charge in [-0.05, 0) is 23.1 Å². The van der Waals surface area contributed by atoms with Gasteiger partial charge >= 0.3 is 6.18 Å². The number of carbonyl (C=O) groups excluding carboxylic acids is 1. The topological polar surface area (TPSA) is 29.1 Å². The quantitative estimate of drug-likeness (QED) is 0.880. The lowest BCUT2D eigenvalue weighted by molar-refractivity contribution is -0.137. The van der Waals surface area contributed by atoms with Crippen LogP contribution in [0.5, 0.6) is 0 Å². The number of hydrogen-bond donors (Lipinski definition) is 1. The normalized spacial score (nSPS) is 12.7. The Morgan fingerprint density at radius 2 is 1.78 bits per heavy atom. The minimum atomic E-state index is -4.39. The molecule has 0 saturated carbocycles. The molecule has 0 unspecified atom stereocenters. The molecule has 0 aromatic heterocycles. The van der Waals surface area contributed by atoms with Crippen molar-refractivity contribution in [1.82, 2.24) is 5.32 Å². The van der Waals surface area contributed by atoms with E-state index in [0.29, 0.717) is 12.1 Å². The smallest absolute Gasteiger partial charge is 0.355 e. The fourth-order valence-corrected chi connectivity index (χ4v) is 2.27. The molecule has 0 radical (unpaired) electrons. The van der Waals surface area contributed by atoms with E-state index in [9.17, 15) is 18.0 Å². The molecule has 0 aliphatic rings. The maximum absolute atomic E-state index is 12.6. The molecular weight excluding hydrogens is 303 g/mol. The van der Waals surface area contributed by atoms with Crippen molar-refractivity contribution in [3.63, 3.8) is 0 Å². The van der Waals surface area contributed by atoms with E-state index in [1.807, 2.05) is 37.3 Å². The molecule has 0 saturated heterocycles. The summed E-state index contributed by atoms with van der Waals surface area (Å²) in [5.41, 5.74) is 0.719. The fourth-order valence-electron chi connectivity index (χ4n) is 2.27. The summed E-state index contributed by atoms with van der Waals surface area (Å²) >= 11 is 0. The molecule has 2 rings (SSSR count). The number of rotatable bonds is 5. The van der Waals surface area contributed by atoms with Crippen LogP contribution >= 0.6 is 0 Å². The van der Waals surface area contributed by atoms with Gasteiger partial charge in [-0.25, -0.2) is 0 Å². The van der Waals surface area contributed by atoms with E-state index in [-0.39, 0.29) is 18.2 Å². The highest BCUT2D eigenvalue weighted by Crippen LogP contribution is 2.29. The molecular formula is C18H18F3NO. The van der Waals surface area contributed by atoms with Crippen LogP contribution in [0.25, 0.3) is 0 Å². The minimum absolute atomic E-state index is 0.0641. The molecule has 0 fully saturated rings. The van der Waals surface area contributed by atoms with Crippen LogP contribution < -0.4 is 5.32 Å². The van der Waals surface area contributed by atoms with E-state index in [2.05, 4.69) is 5.32 Å². The number of benzene rings is 2. The summed E-state index contributed by atoms with van der Waals surface area (Å²) in [6, 6.07) is 14.6. The minimum Gasteiger partial charge on any atom is -0.355 e. The summed E-state index contributed by atoms with van der Waals surface area (Å²) in [5.74, 6) is -0.145. The SMILES string of the molecule is C[C@@H](CNC(=O)Cc1cccc(C(F)(F)F)c1)c1ccccc1. The molecule has 0 spiro atoms. The highest BCUT2D eigenvalue weighted by Gasteiger charge is 2.30. The summed E-state index contributed by atoms with van der Waals surface area (Å²) in [4.78, 5) is 11.9. The lowest BCUT2D eigenvalue weighted by Gasteiger charge is -2.13. The average Bonchev–Trinajstić information content (AvgIpc) is 2.53. The second-order valence-corrected chi connectivity index (χ2v) is 5.49. The number of carbonyl (C=O) groups is 1. The second kappa shape index (κ2) is 7.31. The predicted molar refractivity (Wildman–Crippen MR) is 83.0 cm³/mol. The van der Waals surface area contributed by atoms with Crippen LogP contribution in [-0.2, 0) is 17.4 Å². The van der Waals surface area contributed by atoms with Gasteiger partial charge < -0.3 is 5.32 Å². The van der Waals surface area contributed by atoms with Crippen LogP contribution in [0.2, 0.25) is 0 Å². The highest BCUT2D eigenvalue weighted by atomic mass is 19.4. The fraction of sp³-hybridized carbons (Fsp3) is 0.278. The summed E-state index contributed by atoms with van der Waals surface area (Å²) in [5, 5.41) is 2.77. The highest BCUT2D eigenvalue weighted by molar-refractivity contribution is 5.78. The van der Waals surface area contributed by atoms with Crippen molar-refractivity contribution < 1.29 is 18.0 Å². The molecule has 0 aliphatic heterocycles. The molecule has 0 bridgehead atoms. The van der Waals surface area contributed by atoms with Crippen LogP contribution in [0, 0.1) is 0 Å². The maximum atomic E-state index is 12.6. The summed E-state index contributed by atoms with van der Waals surface area (Å²) < 4.78 is 37.9. The molecule has 0 heterocycles. The summed E-state index contributed by atoms with van der Waals surface area (Å²) in [6.45, 7) is 2.43. The van der Waals surface area contributed by atoms with Crippen LogP contribution in [-0.4, -0.2) is 12.5 Å². The number of amides is 1. The van der Waals surface area contributed by atoms with Crippen molar-refractivity contribution in [2.75, 3.05) is 6.54 Å². The Bertz CT molecular complexity index is 653. The van der Waals surface area contributed by atoms with Crippen molar-refractivity contribution >= 4 is 5.91 Å². The maximum Gasteiger partial charge on any atom is 0.416 e. The molecule has 2 aromatic carbocycles. The van der Waals surface area contributed by atoms with Crippen LogP contribution in [0.1, 0.15) is 29.5 Å². The molecule has 1 amide bonds. The van der Waals surface area contributed by atoms with E-state index in [1.54, 1.807) is 0 Å². The first kappa shape index (κ1) is 17.1. The van der Waals surface area contributed by atoms with E-state index < -0.39 is 11.7 Å². The van der Waals surface area contributed by atoms with Crippen molar-refractivity contribution in [2.45, 2.75) is 25.4 Å². The molecule has 122 valence electrons. The molecule has 1 atom stereocenters. The number of alkyl halides is 3. The van der Waals surface area contributed by atoms with Crippen molar-refractivity contribution in [1.29, 1.82) is 0 Å². The third kappa shape index (κ3) is 5.13.